The van der Waals surface area contributed by atoms with E-state index >= 15 is 0 Å². The van der Waals surface area contributed by atoms with Crippen molar-refractivity contribution in [3.63, 3.8) is 0 Å². The lowest BCUT2D eigenvalue weighted by Gasteiger charge is -2.31. The molecule has 18 heavy (non-hydrogen) atoms. The van der Waals surface area contributed by atoms with Crippen LogP contribution in [0.5, 0.6) is 0 Å². The second-order valence-corrected chi connectivity index (χ2v) is 5.85. The molecule has 100 valence electrons. The molecule has 2 rings (SSSR count). The van der Waals surface area contributed by atoms with Crippen molar-refractivity contribution in [3.8, 4) is 0 Å². The largest absolute Gasteiger partial charge is 0.369 e. The van der Waals surface area contributed by atoms with Crippen molar-refractivity contribution < 1.29 is 4.74 Å². The minimum Gasteiger partial charge on any atom is -0.369 e. The minimum absolute atomic E-state index is 0.190. The van der Waals surface area contributed by atoms with E-state index in [1.807, 2.05) is 0 Å². The van der Waals surface area contributed by atoms with Crippen LogP contribution in [0.1, 0.15) is 44.3 Å². The summed E-state index contributed by atoms with van der Waals surface area (Å²) in [6.07, 6.45) is 5.59. The molecule has 1 atom stereocenters. The molecule has 1 N–H and O–H groups in total. The predicted molar refractivity (Wildman–Crippen MR) is 78.8 cm³/mol. The second kappa shape index (κ2) is 7.27. The van der Waals surface area contributed by atoms with E-state index < -0.39 is 0 Å². The highest BCUT2D eigenvalue weighted by Gasteiger charge is 2.23. The standard InChI is InChI=1S/C15H22BrNO/c1-2-10-17-11-15(18-14-4-3-5-14)12-6-8-13(16)9-7-12/h6-9,14-15,17H,2-5,10-11H2,1H3. The summed E-state index contributed by atoms with van der Waals surface area (Å²) in [6, 6.07) is 8.49. The van der Waals surface area contributed by atoms with E-state index in [9.17, 15) is 0 Å². The lowest BCUT2D eigenvalue weighted by Crippen LogP contribution is -2.30. The van der Waals surface area contributed by atoms with Gasteiger partial charge < -0.3 is 10.1 Å². The average molecular weight is 312 g/mol. The summed E-state index contributed by atoms with van der Waals surface area (Å²) in [7, 11) is 0. The predicted octanol–water partition coefficient (Wildman–Crippen LogP) is 4.06. The molecular formula is C15H22BrNO. The lowest BCUT2D eigenvalue weighted by molar-refractivity contribution is -0.0518. The van der Waals surface area contributed by atoms with Crippen LogP contribution in [0.2, 0.25) is 0 Å². The molecule has 0 amide bonds. The third-order valence-corrected chi connectivity index (χ3v) is 3.94. The lowest BCUT2D eigenvalue weighted by atomic mass is 9.95. The summed E-state index contributed by atoms with van der Waals surface area (Å²) in [6.45, 7) is 4.15. The summed E-state index contributed by atoms with van der Waals surface area (Å²) in [5.74, 6) is 0. The maximum absolute atomic E-state index is 6.18. The van der Waals surface area contributed by atoms with Crippen LogP contribution < -0.4 is 5.32 Å². The molecule has 1 saturated carbocycles. The molecule has 1 aromatic carbocycles. The molecule has 1 unspecified atom stereocenters. The highest BCUT2D eigenvalue weighted by atomic mass is 79.9. The maximum Gasteiger partial charge on any atom is 0.0952 e. The topological polar surface area (TPSA) is 21.3 Å². The molecule has 1 aliphatic carbocycles. The van der Waals surface area contributed by atoms with Crippen molar-refractivity contribution in [1.82, 2.24) is 5.32 Å². The number of hydrogen-bond donors (Lipinski definition) is 1. The Labute approximate surface area is 118 Å². The molecule has 0 radical (unpaired) electrons. The maximum atomic E-state index is 6.18. The summed E-state index contributed by atoms with van der Waals surface area (Å²) in [4.78, 5) is 0. The molecule has 3 heteroatoms. The van der Waals surface area contributed by atoms with E-state index in [1.54, 1.807) is 0 Å². The molecule has 0 heterocycles. The van der Waals surface area contributed by atoms with E-state index in [4.69, 9.17) is 4.74 Å². The SMILES string of the molecule is CCCNCC(OC1CCC1)c1ccc(Br)cc1. The zero-order valence-electron chi connectivity index (χ0n) is 11.0. The molecule has 0 aliphatic heterocycles. The molecule has 2 nitrogen and oxygen atoms in total. The second-order valence-electron chi connectivity index (χ2n) is 4.93. The Morgan fingerprint density at radius 2 is 2.06 bits per heavy atom. The number of benzene rings is 1. The fourth-order valence-corrected chi connectivity index (χ4v) is 2.34. The normalized spacial score (nSPS) is 17.4. The quantitative estimate of drug-likeness (QED) is 0.767. The van der Waals surface area contributed by atoms with E-state index in [1.165, 1.54) is 24.8 Å². The van der Waals surface area contributed by atoms with Gasteiger partial charge >= 0.3 is 0 Å². The average Bonchev–Trinajstić information content (AvgIpc) is 2.33. The first-order valence-electron chi connectivity index (χ1n) is 6.91. The van der Waals surface area contributed by atoms with Crippen LogP contribution in [0.4, 0.5) is 0 Å². The first-order valence-corrected chi connectivity index (χ1v) is 7.70. The van der Waals surface area contributed by atoms with Crippen molar-refractivity contribution >= 4 is 15.9 Å². The molecular weight excluding hydrogens is 290 g/mol. The van der Waals surface area contributed by atoms with Gasteiger partial charge in [0.15, 0.2) is 0 Å². The van der Waals surface area contributed by atoms with Crippen LogP contribution in [0.15, 0.2) is 28.7 Å². The third-order valence-electron chi connectivity index (χ3n) is 3.41. The first kappa shape index (κ1) is 14.0. The molecule has 0 spiro atoms. The number of hydrogen-bond acceptors (Lipinski definition) is 2. The van der Waals surface area contributed by atoms with Crippen LogP contribution >= 0.6 is 15.9 Å². The first-order chi connectivity index (χ1) is 8.79. The van der Waals surface area contributed by atoms with E-state index in [0.29, 0.717) is 6.10 Å². The summed E-state index contributed by atoms with van der Waals surface area (Å²) >= 11 is 3.48. The Balaban J connectivity index is 1.95. The van der Waals surface area contributed by atoms with Gasteiger partial charge in [-0.05, 0) is 49.9 Å². The van der Waals surface area contributed by atoms with Gasteiger partial charge in [0, 0.05) is 11.0 Å². The van der Waals surface area contributed by atoms with Crippen molar-refractivity contribution in [2.24, 2.45) is 0 Å². The van der Waals surface area contributed by atoms with Gasteiger partial charge in [-0.1, -0.05) is 35.0 Å². The molecule has 0 aromatic heterocycles. The molecule has 0 bridgehead atoms. The fourth-order valence-electron chi connectivity index (χ4n) is 2.07. The van der Waals surface area contributed by atoms with Gasteiger partial charge in [0.2, 0.25) is 0 Å². The third kappa shape index (κ3) is 4.08. The van der Waals surface area contributed by atoms with Gasteiger partial charge in [0.1, 0.15) is 0 Å². The molecule has 1 aromatic rings. The van der Waals surface area contributed by atoms with Crippen molar-refractivity contribution in [2.45, 2.75) is 44.8 Å². The van der Waals surface area contributed by atoms with Crippen molar-refractivity contribution in [2.75, 3.05) is 13.1 Å². The number of rotatable bonds is 7. The van der Waals surface area contributed by atoms with E-state index in [0.717, 1.165) is 24.0 Å². The Hall–Kier alpha value is -0.380. The molecule has 1 fully saturated rings. The van der Waals surface area contributed by atoms with Crippen molar-refractivity contribution in [1.29, 1.82) is 0 Å². The smallest absolute Gasteiger partial charge is 0.0952 e. The molecule has 1 aliphatic rings. The van der Waals surface area contributed by atoms with E-state index in [2.05, 4.69) is 52.4 Å². The Kier molecular flexibility index (Phi) is 5.67. The number of halogens is 1. The highest BCUT2D eigenvalue weighted by molar-refractivity contribution is 9.10. The van der Waals surface area contributed by atoms with Gasteiger partial charge in [-0.15, -0.1) is 0 Å². The van der Waals surface area contributed by atoms with Crippen LogP contribution in [0, 0.1) is 0 Å². The fraction of sp³-hybridized carbons (Fsp3) is 0.600. The Morgan fingerprint density at radius 3 is 2.61 bits per heavy atom. The zero-order valence-corrected chi connectivity index (χ0v) is 12.6. The summed E-state index contributed by atoms with van der Waals surface area (Å²) in [5.41, 5.74) is 1.27. The number of nitrogens with one attached hydrogen (secondary N) is 1. The van der Waals surface area contributed by atoms with E-state index in [-0.39, 0.29) is 6.10 Å². The summed E-state index contributed by atoms with van der Waals surface area (Å²) in [5, 5.41) is 3.47. The zero-order chi connectivity index (χ0) is 12.8. The van der Waals surface area contributed by atoms with Crippen LogP contribution in [0.3, 0.4) is 0 Å². The summed E-state index contributed by atoms with van der Waals surface area (Å²) < 4.78 is 7.30. The van der Waals surface area contributed by atoms with Gasteiger partial charge in [-0.25, -0.2) is 0 Å². The Morgan fingerprint density at radius 1 is 1.33 bits per heavy atom. The molecule has 0 saturated heterocycles. The van der Waals surface area contributed by atoms with Crippen molar-refractivity contribution in [3.05, 3.63) is 34.3 Å². The van der Waals surface area contributed by atoms with Crippen LogP contribution in [-0.2, 0) is 4.74 Å². The van der Waals surface area contributed by atoms with Gasteiger partial charge in [0.25, 0.3) is 0 Å². The van der Waals surface area contributed by atoms with Gasteiger partial charge in [-0.2, -0.15) is 0 Å². The monoisotopic (exact) mass is 311 g/mol. The van der Waals surface area contributed by atoms with Gasteiger partial charge in [0.05, 0.1) is 12.2 Å². The van der Waals surface area contributed by atoms with Crippen LogP contribution in [-0.4, -0.2) is 19.2 Å². The van der Waals surface area contributed by atoms with Gasteiger partial charge in [-0.3, -0.25) is 0 Å². The minimum atomic E-state index is 0.190. The Bertz CT molecular complexity index is 348. The van der Waals surface area contributed by atoms with Crippen LogP contribution in [0.25, 0.3) is 0 Å². The number of ether oxygens (including phenoxy) is 1. The highest BCUT2D eigenvalue weighted by Crippen LogP contribution is 2.29.